The summed E-state index contributed by atoms with van der Waals surface area (Å²) in [5.74, 6) is 0. The van der Waals surface area contributed by atoms with Crippen molar-refractivity contribution in [2.75, 3.05) is 0 Å². The fourth-order valence-corrected chi connectivity index (χ4v) is 4.03. The molecule has 0 aromatic rings. The molecule has 1 heteroatoms. The van der Waals surface area contributed by atoms with E-state index in [4.69, 9.17) is 0 Å². The summed E-state index contributed by atoms with van der Waals surface area (Å²) in [5, 5.41) is 0. The third-order valence-electron chi connectivity index (χ3n) is 1.43. The molecule has 1 rings (SSSR count). The van der Waals surface area contributed by atoms with Crippen molar-refractivity contribution >= 4 is 0 Å². The molecule has 1 aliphatic carbocycles. The number of hydrogen-bond acceptors (Lipinski definition) is 0. The second-order valence-corrected chi connectivity index (χ2v) is 7.03. The molecule has 0 amide bonds. The summed E-state index contributed by atoms with van der Waals surface area (Å²) in [4.78, 5) is 1.45. The van der Waals surface area contributed by atoms with Crippen LogP contribution in [-0.2, 0) is 18.6 Å². The first-order valence-corrected chi connectivity index (χ1v) is 6.87. The number of hydrogen-bond donors (Lipinski definition) is 0. The molecule has 0 spiro atoms. The van der Waals surface area contributed by atoms with Crippen LogP contribution >= 0.6 is 0 Å². The molecular weight excluding hydrogens is 280 g/mol. The minimum absolute atomic E-state index is 0.0567. The van der Waals surface area contributed by atoms with E-state index in [1.165, 1.54) is 11.2 Å². The zero-order valence-electron chi connectivity index (χ0n) is 5.98. The van der Waals surface area contributed by atoms with Crippen LogP contribution in [0, 0.1) is 0 Å². The van der Waals surface area contributed by atoms with E-state index in [0.717, 1.165) is 0 Å². The Balaban J connectivity index is 2.51. The van der Waals surface area contributed by atoms with E-state index >= 15 is 0 Å². The predicted molar refractivity (Wildman–Crippen MR) is 36.9 cm³/mol. The topological polar surface area (TPSA) is 0 Å². The molecule has 0 bridgehead atoms. The Kier molecular flexibility index (Phi) is 2.72. The molecule has 9 heavy (non-hydrogen) atoms. The zero-order valence-corrected chi connectivity index (χ0v) is 8.91. The van der Waals surface area contributed by atoms with Gasteiger partial charge in [0.15, 0.2) is 0 Å². The molecule has 0 N–H and O–H groups in total. The van der Waals surface area contributed by atoms with Crippen molar-refractivity contribution in [1.29, 1.82) is 0 Å². The quantitative estimate of drug-likeness (QED) is 0.734. The van der Waals surface area contributed by atoms with Crippen molar-refractivity contribution in [3.8, 4) is 0 Å². The second kappa shape index (κ2) is 3.37. The van der Waals surface area contributed by atoms with Crippen LogP contribution in [0.3, 0.4) is 0 Å². The fourth-order valence-electron chi connectivity index (χ4n) is 0.944. The summed E-state index contributed by atoms with van der Waals surface area (Å²) >= 11 is -0.0567. The summed E-state index contributed by atoms with van der Waals surface area (Å²) in [5.41, 5.74) is 1.57. The van der Waals surface area contributed by atoms with Crippen molar-refractivity contribution in [3.63, 3.8) is 0 Å². The summed E-state index contributed by atoms with van der Waals surface area (Å²) in [6.45, 7) is 4.55. The molecule has 0 nitrogen and oxygen atoms in total. The molecule has 0 fully saturated rings. The zero-order chi connectivity index (χ0) is 6.69. The van der Waals surface area contributed by atoms with Gasteiger partial charge in [0, 0.05) is 0 Å². The van der Waals surface area contributed by atoms with Crippen molar-refractivity contribution in [1.82, 2.24) is 0 Å². The average molecular weight is 292 g/mol. The molecule has 0 saturated heterocycles. The Morgan fingerprint density at radius 1 is 1.67 bits per heavy atom. The maximum atomic E-state index is 2.31. The van der Waals surface area contributed by atoms with Crippen LogP contribution in [-0.4, -0.2) is 0 Å². The van der Waals surface area contributed by atoms with E-state index in [-0.39, 0.29) is 18.6 Å². The first-order valence-electron chi connectivity index (χ1n) is 3.33. The number of allylic oxidation sites excluding steroid dienone is 4. The van der Waals surface area contributed by atoms with E-state index in [9.17, 15) is 0 Å². The maximum absolute atomic E-state index is 2.31. The van der Waals surface area contributed by atoms with Gasteiger partial charge in [-0.1, -0.05) is 0 Å². The van der Waals surface area contributed by atoms with Crippen molar-refractivity contribution in [3.05, 3.63) is 21.7 Å². The molecule has 0 radical (unpaired) electrons. The second-order valence-electron chi connectivity index (χ2n) is 2.15. The summed E-state index contributed by atoms with van der Waals surface area (Å²) in [7, 11) is 0. The first kappa shape index (κ1) is 7.28. The van der Waals surface area contributed by atoms with Gasteiger partial charge in [-0.05, 0) is 0 Å². The van der Waals surface area contributed by atoms with Gasteiger partial charge in [0.05, 0.1) is 0 Å². The SMILES string of the molecule is C[CH2][W][C]1=C(C)C=CC1. The molecule has 1 aliphatic rings. The van der Waals surface area contributed by atoms with Gasteiger partial charge >= 0.3 is 65.3 Å². The van der Waals surface area contributed by atoms with Crippen LogP contribution in [0.2, 0.25) is 4.81 Å². The Morgan fingerprint density at radius 3 is 2.89 bits per heavy atom. The Labute approximate surface area is 65.6 Å². The Hall–Kier alpha value is 0.168. The third-order valence-corrected chi connectivity index (χ3v) is 5.47. The van der Waals surface area contributed by atoms with Crippen LogP contribution in [0.4, 0.5) is 0 Å². The molecule has 0 saturated carbocycles. The molecule has 0 heterocycles. The first-order chi connectivity index (χ1) is 4.34. The van der Waals surface area contributed by atoms with Gasteiger partial charge in [0.1, 0.15) is 0 Å². The van der Waals surface area contributed by atoms with Crippen LogP contribution < -0.4 is 0 Å². The van der Waals surface area contributed by atoms with Gasteiger partial charge in [0.2, 0.25) is 0 Å². The van der Waals surface area contributed by atoms with Gasteiger partial charge in [0.25, 0.3) is 0 Å². The Bertz CT molecular complexity index is 154. The standard InChI is InChI=1S/C6H7.C2H5.W/c1-6-4-2-3-5-6;1-2;/h2,4H,3H2,1H3;1H2,2H3;. The van der Waals surface area contributed by atoms with Crippen LogP contribution in [0.15, 0.2) is 21.7 Å². The average Bonchev–Trinajstić information content (AvgIpc) is 2.18. The van der Waals surface area contributed by atoms with Gasteiger partial charge in [-0.15, -0.1) is 0 Å². The van der Waals surface area contributed by atoms with Gasteiger partial charge in [-0.3, -0.25) is 0 Å². The monoisotopic (exact) mass is 292 g/mol. The normalized spacial score (nSPS) is 17.6. The van der Waals surface area contributed by atoms with Crippen LogP contribution in [0.1, 0.15) is 20.3 Å². The van der Waals surface area contributed by atoms with Crippen molar-refractivity contribution in [2.45, 2.75) is 25.1 Å². The molecule has 0 atom stereocenters. The number of rotatable bonds is 2. The molecule has 50 valence electrons. The van der Waals surface area contributed by atoms with Gasteiger partial charge < -0.3 is 0 Å². The van der Waals surface area contributed by atoms with Crippen LogP contribution in [0.25, 0.3) is 0 Å². The third kappa shape index (κ3) is 1.79. The molecule has 0 unspecified atom stereocenters. The minimum atomic E-state index is -0.0567. The summed E-state index contributed by atoms with van der Waals surface area (Å²) in [6.07, 6.45) is 5.84. The molecular formula is C8H12W. The predicted octanol–water partition coefficient (Wildman–Crippen LogP) is 2.74. The molecule has 0 aromatic heterocycles. The van der Waals surface area contributed by atoms with E-state index in [0.29, 0.717) is 0 Å². The molecule has 0 aromatic carbocycles. The fraction of sp³-hybridized carbons (Fsp3) is 0.500. The molecule has 0 aliphatic heterocycles. The van der Waals surface area contributed by atoms with E-state index in [1.54, 1.807) is 9.54 Å². The van der Waals surface area contributed by atoms with E-state index < -0.39 is 0 Å². The Morgan fingerprint density at radius 2 is 2.44 bits per heavy atom. The summed E-state index contributed by atoms with van der Waals surface area (Å²) < 4.78 is 1.80. The van der Waals surface area contributed by atoms with Crippen molar-refractivity contribution < 1.29 is 18.6 Å². The van der Waals surface area contributed by atoms with Crippen molar-refractivity contribution in [2.24, 2.45) is 0 Å². The van der Waals surface area contributed by atoms with Crippen LogP contribution in [0.5, 0.6) is 0 Å². The van der Waals surface area contributed by atoms with Gasteiger partial charge in [-0.2, -0.15) is 0 Å². The van der Waals surface area contributed by atoms with Gasteiger partial charge in [-0.25, -0.2) is 0 Å². The van der Waals surface area contributed by atoms with E-state index in [1.807, 2.05) is 0 Å². The van der Waals surface area contributed by atoms with E-state index in [2.05, 4.69) is 26.0 Å². The summed E-state index contributed by atoms with van der Waals surface area (Å²) in [6, 6.07) is 0.